The van der Waals surface area contributed by atoms with Gasteiger partial charge in [-0.05, 0) is 6.07 Å². The molecule has 2 atom stereocenters. The van der Waals surface area contributed by atoms with Crippen molar-refractivity contribution in [3.8, 4) is 11.8 Å². The van der Waals surface area contributed by atoms with Gasteiger partial charge in [-0.15, -0.1) is 0 Å². The molecular weight excluding hydrogens is 243 g/mol. The lowest BCUT2D eigenvalue weighted by atomic mass is 10.1. The summed E-state index contributed by atoms with van der Waals surface area (Å²) in [6.07, 6.45) is -0.615. The fraction of sp³-hybridized carbons (Fsp3) is 0.364. The Morgan fingerprint density at radius 1 is 1.56 bits per heavy atom. The van der Waals surface area contributed by atoms with Crippen LogP contribution in [0.2, 0.25) is 0 Å². The summed E-state index contributed by atoms with van der Waals surface area (Å²) < 4.78 is 23.4. The average Bonchev–Trinajstić information content (AvgIpc) is 2.76. The quantitative estimate of drug-likeness (QED) is 0.603. The topological polar surface area (TPSA) is 85.4 Å². The fourth-order valence-electron chi connectivity index (χ4n) is 1.67. The summed E-state index contributed by atoms with van der Waals surface area (Å²) in [6, 6.07) is 4.93. The van der Waals surface area contributed by atoms with Crippen molar-refractivity contribution in [2.45, 2.75) is 6.10 Å². The molecule has 1 aliphatic rings. The highest BCUT2D eigenvalue weighted by molar-refractivity contribution is 5.46. The van der Waals surface area contributed by atoms with Crippen molar-refractivity contribution in [2.24, 2.45) is 5.92 Å². The van der Waals surface area contributed by atoms with Crippen LogP contribution in [0.25, 0.3) is 0 Å². The maximum Gasteiger partial charge on any atom is 0.311 e. The van der Waals surface area contributed by atoms with Crippen molar-refractivity contribution in [3.63, 3.8) is 0 Å². The van der Waals surface area contributed by atoms with E-state index in [4.69, 9.17) is 14.7 Å². The SMILES string of the molecule is N#C[C@@H]1COC[C@H]1Oc1cc(F)ccc1[N+](=O)[O-]. The van der Waals surface area contributed by atoms with E-state index in [1.165, 1.54) is 0 Å². The summed E-state index contributed by atoms with van der Waals surface area (Å²) >= 11 is 0. The van der Waals surface area contributed by atoms with E-state index < -0.39 is 22.8 Å². The van der Waals surface area contributed by atoms with Crippen molar-refractivity contribution < 1.29 is 18.8 Å². The number of hydrogen-bond donors (Lipinski definition) is 0. The molecule has 18 heavy (non-hydrogen) atoms. The van der Waals surface area contributed by atoms with E-state index in [2.05, 4.69) is 0 Å². The van der Waals surface area contributed by atoms with Crippen LogP contribution in [0.5, 0.6) is 5.75 Å². The fourth-order valence-corrected chi connectivity index (χ4v) is 1.67. The Hall–Kier alpha value is -2.20. The first-order chi connectivity index (χ1) is 8.61. The second-order valence-corrected chi connectivity index (χ2v) is 3.80. The number of nitriles is 1. The summed E-state index contributed by atoms with van der Waals surface area (Å²) in [4.78, 5) is 10.1. The molecule has 2 rings (SSSR count). The van der Waals surface area contributed by atoms with Gasteiger partial charge in [0.25, 0.3) is 0 Å². The summed E-state index contributed by atoms with van der Waals surface area (Å²) in [6.45, 7) is 0.371. The molecule has 0 aliphatic carbocycles. The van der Waals surface area contributed by atoms with Crippen LogP contribution in [0.3, 0.4) is 0 Å². The molecule has 1 fully saturated rings. The van der Waals surface area contributed by atoms with Gasteiger partial charge in [0.2, 0.25) is 0 Å². The van der Waals surface area contributed by atoms with E-state index in [-0.39, 0.29) is 24.7 Å². The highest BCUT2D eigenvalue weighted by Gasteiger charge is 2.32. The molecule has 6 nitrogen and oxygen atoms in total. The first-order valence-corrected chi connectivity index (χ1v) is 5.20. The van der Waals surface area contributed by atoms with Crippen LogP contribution in [0, 0.1) is 33.2 Å². The molecule has 1 heterocycles. The Balaban J connectivity index is 2.25. The normalized spacial score (nSPS) is 22.4. The van der Waals surface area contributed by atoms with Crippen LogP contribution in [-0.2, 0) is 4.74 Å². The maximum atomic E-state index is 13.1. The third kappa shape index (κ3) is 2.38. The van der Waals surface area contributed by atoms with Gasteiger partial charge in [0, 0.05) is 12.1 Å². The minimum atomic E-state index is -0.661. The Labute approximate surface area is 102 Å². The van der Waals surface area contributed by atoms with E-state index in [1.54, 1.807) is 0 Å². The largest absolute Gasteiger partial charge is 0.479 e. The number of rotatable bonds is 3. The van der Waals surface area contributed by atoms with Gasteiger partial charge in [-0.3, -0.25) is 10.1 Å². The minimum absolute atomic E-state index is 0.159. The molecule has 0 N–H and O–H groups in total. The highest BCUT2D eigenvalue weighted by atomic mass is 19.1. The Morgan fingerprint density at radius 3 is 3.00 bits per heavy atom. The zero-order valence-electron chi connectivity index (χ0n) is 9.21. The van der Waals surface area contributed by atoms with E-state index in [0.717, 1.165) is 18.2 Å². The third-order valence-corrected chi connectivity index (χ3v) is 2.59. The van der Waals surface area contributed by atoms with Gasteiger partial charge in [0.05, 0.1) is 24.2 Å². The molecule has 0 bridgehead atoms. The predicted molar refractivity (Wildman–Crippen MR) is 57.4 cm³/mol. The van der Waals surface area contributed by atoms with Gasteiger partial charge in [-0.25, -0.2) is 4.39 Å². The second kappa shape index (κ2) is 4.98. The molecular formula is C11H9FN2O4. The van der Waals surface area contributed by atoms with Crippen molar-refractivity contribution in [1.29, 1.82) is 5.26 Å². The standard InChI is InChI=1S/C11H9FN2O4/c12-8-1-2-9(14(15)16)10(3-8)18-11-6-17-5-7(11)4-13/h1-3,7,11H,5-6H2/t7-,11-/m1/s1. The van der Waals surface area contributed by atoms with Gasteiger partial charge >= 0.3 is 5.69 Å². The molecule has 1 aromatic rings. The summed E-state index contributed by atoms with van der Waals surface area (Å²) in [7, 11) is 0. The Bertz CT molecular complexity index is 514. The number of ether oxygens (including phenoxy) is 2. The Morgan fingerprint density at radius 2 is 2.33 bits per heavy atom. The number of nitrogens with zero attached hydrogens (tertiary/aromatic N) is 2. The first-order valence-electron chi connectivity index (χ1n) is 5.20. The molecule has 0 aromatic heterocycles. The van der Waals surface area contributed by atoms with Crippen LogP contribution >= 0.6 is 0 Å². The second-order valence-electron chi connectivity index (χ2n) is 3.80. The summed E-state index contributed by atoms with van der Waals surface area (Å²) in [5, 5.41) is 19.6. The van der Waals surface area contributed by atoms with Gasteiger partial charge in [-0.1, -0.05) is 0 Å². The highest BCUT2D eigenvalue weighted by Crippen LogP contribution is 2.30. The first kappa shape index (κ1) is 12.3. The minimum Gasteiger partial charge on any atom is -0.479 e. The molecule has 7 heteroatoms. The molecule has 1 aromatic carbocycles. The van der Waals surface area contributed by atoms with Crippen molar-refractivity contribution in [3.05, 3.63) is 34.1 Å². The zero-order valence-corrected chi connectivity index (χ0v) is 9.21. The van der Waals surface area contributed by atoms with Crippen LogP contribution in [0.15, 0.2) is 18.2 Å². The van der Waals surface area contributed by atoms with Gasteiger partial charge in [0.1, 0.15) is 17.8 Å². The lowest BCUT2D eigenvalue weighted by molar-refractivity contribution is -0.386. The number of halogens is 1. The van der Waals surface area contributed by atoms with E-state index in [0.29, 0.717) is 0 Å². The predicted octanol–water partition coefficient (Wildman–Crippen LogP) is 1.65. The van der Waals surface area contributed by atoms with Crippen molar-refractivity contribution in [1.82, 2.24) is 0 Å². The average molecular weight is 252 g/mol. The number of benzene rings is 1. The number of hydrogen-bond acceptors (Lipinski definition) is 5. The van der Waals surface area contributed by atoms with Gasteiger partial charge in [0.15, 0.2) is 5.75 Å². The number of nitro benzene ring substituents is 1. The summed E-state index contributed by atoms with van der Waals surface area (Å²) in [5.41, 5.74) is -0.333. The molecule has 1 aliphatic heterocycles. The number of nitro groups is 1. The third-order valence-electron chi connectivity index (χ3n) is 2.59. The van der Waals surface area contributed by atoms with Crippen LogP contribution in [0.4, 0.5) is 10.1 Å². The van der Waals surface area contributed by atoms with E-state index >= 15 is 0 Å². The van der Waals surface area contributed by atoms with Crippen molar-refractivity contribution >= 4 is 5.69 Å². The van der Waals surface area contributed by atoms with Gasteiger partial charge < -0.3 is 9.47 Å². The zero-order chi connectivity index (χ0) is 13.1. The molecule has 0 spiro atoms. The lowest BCUT2D eigenvalue weighted by Gasteiger charge is -2.14. The monoisotopic (exact) mass is 252 g/mol. The maximum absolute atomic E-state index is 13.1. The Kier molecular flexibility index (Phi) is 3.39. The smallest absolute Gasteiger partial charge is 0.311 e. The van der Waals surface area contributed by atoms with Crippen molar-refractivity contribution in [2.75, 3.05) is 13.2 Å². The molecule has 0 radical (unpaired) electrons. The summed E-state index contributed by atoms with van der Waals surface area (Å²) in [5.74, 6) is -1.33. The van der Waals surface area contributed by atoms with Crippen LogP contribution < -0.4 is 4.74 Å². The van der Waals surface area contributed by atoms with Crippen LogP contribution in [-0.4, -0.2) is 24.2 Å². The lowest BCUT2D eigenvalue weighted by Crippen LogP contribution is -2.24. The van der Waals surface area contributed by atoms with E-state index in [1.807, 2.05) is 6.07 Å². The van der Waals surface area contributed by atoms with E-state index in [9.17, 15) is 14.5 Å². The molecule has 1 saturated heterocycles. The van der Waals surface area contributed by atoms with Gasteiger partial charge in [-0.2, -0.15) is 5.26 Å². The van der Waals surface area contributed by atoms with Crippen LogP contribution in [0.1, 0.15) is 0 Å². The molecule has 0 saturated carbocycles. The molecule has 0 amide bonds. The molecule has 0 unspecified atom stereocenters. The molecule has 94 valence electrons.